The summed E-state index contributed by atoms with van der Waals surface area (Å²) in [5.41, 5.74) is 0. The van der Waals surface area contributed by atoms with Crippen molar-refractivity contribution in [1.29, 1.82) is 0 Å². The Morgan fingerprint density at radius 2 is 2.05 bits per heavy atom. The summed E-state index contributed by atoms with van der Waals surface area (Å²) in [6.45, 7) is 5.44. The number of carboxylic acid groups (broad SMARTS) is 1. The number of carboxylic acids is 1. The van der Waals surface area contributed by atoms with Crippen LogP contribution in [0.4, 0.5) is 4.79 Å². The second-order valence-electron chi connectivity index (χ2n) is 6.11. The molecule has 2 fully saturated rings. The van der Waals surface area contributed by atoms with Gasteiger partial charge in [0.25, 0.3) is 0 Å². The molecule has 6 heteroatoms. The number of urea groups is 1. The number of nitrogens with zero attached hydrogens (tertiary/aromatic N) is 1. The summed E-state index contributed by atoms with van der Waals surface area (Å²) < 4.78 is 5.65. The molecule has 2 saturated heterocycles. The summed E-state index contributed by atoms with van der Waals surface area (Å²) in [6, 6.07) is -0.175. The number of hydrogen-bond donors (Lipinski definition) is 2. The molecular weight excluding hydrogens is 260 g/mol. The second-order valence-corrected chi connectivity index (χ2v) is 6.11. The summed E-state index contributed by atoms with van der Waals surface area (Å²) >= 11 is 0. The number of nitrogens with one attached hydrogen (secondary N) is 1. The van der Waals surface area contributed by atoms with Crippen LogP contribution < -0.4 is 5.32 Å². The maximum absolute atomic E-state index is 12.1. The number of aliphatic carboxylic acids is 1. The monoisotopic (exact) mass is 284 g/mol. The van der Waals surface area contributed by atoms with Gasteiger partial charge in [-0.3, -0.25) is 4.79 Å². The van der Waals surface area contributed by atoms with Gasteiger partial charge < -0.3 is 20.1 Å². The van der Waals surface area contributed by atoms with Crippen molar-refractivity contribution in [3.8, 4) is 0 Å². The number of likely N-dealkylation sites (tertiary alicyclic amines) is 1. The van der Waals surface area contributed by atoms with Gasteiger partial charge in [0.15, 0.2) is 0 Å². The van der Waals surface area contributed by atoms with E-state index in [2.05, 4.69) is 5.32 Å². The minimum absolute atomic E-state index is 0.0893. The van der Waals surface area contributed by atoms with Gasteiger partial charge >= 0.3 is 12.0 Å². The van der Waals surface area contributed by atoms with E-state index in [0.717, 1.165) is 12.8 Å². The minimum Gasteiger partial charge on any atom is -0.481 e. The van der Waals surface area contributed by atoms with Crippen molar-refractivity contribution in [2.75, 3.05) is 19.6 Å². The van der Waals surface area contributed by atoms with Crippen LogP contribution in [-0.2, 0) is 9.53 Å². The highest BCUT2D eigenvalue weighted by Crippen LogP contribution is 2.22. The first-order valence-electron chi connectivity index (χ1n) is 7.36. The highest BCUT2D eigenvalue weighted by molar-refractivity contribution is 5.76. The third-order valence-corrected chi connectivity index (χ3v) is 4.10. The Balaban J connectivity index is 1.80. The summed E-state index contributed by atoms with van der Waals surface area (Å²) in [7, 11) is 0. The second kappa shape index (κ2) is 6.43. The van der Waals surface area contributed by atoms with Crippen molar-refractivity contribution in [1.82, 2.24) is 10.2 Å². The van der Waals surface area contributed by atoms with E-state index in [0.29, 0.717) is 26.1 Å². The molecule has 2 aliphatic rings. The van der Waals surface area contributed by atoms with Crippen LogP contribution in [0.1, 0.15) is 33.1 Å². The molecule has 2 rings (SSSR count). The van der Waals surface area contributed by atoms with Gasteiger partial charge in [0, 0.05) is 19.6 Å². The fraction of sp³-hybridized carbons (Fsp3) is 0.857. The topological polar surface area (TPSA) is 78.9 Å². The number of rotatable bonds is 3. The van der Waals surface area contributed by atoms with E-state index in [4.69, 9.17) is 9.84 Å². The fourth-order valence-corrected chi connectivity index (χ4v) is 3.04. The van der Waals surface area contributed by atoms with E-state index in [1.165, 1.54) is 0 Å². The van der Waals surface area contributed by atoms with E-state index in [1.807, 2.05) is 13.8 Å². The zero-order chi connectivity index (χ0) is 14.7. The summed E-state index contributed by atoms with van der Waals surface area (Å²) in [4.78, 5) is 24.8. The van der Waals surface area contributed by atoms with E-state index >= 15 is 0 Å². The number of ether oxygens (including phenoxy) is 1. The molecule has 2 amide bonds. The highest BCUT2D eigenvalue weighted by Gasteiger charge is 2.32. The first-order valence-corrected chi connectivity index (χ1v) is 7.36. The molecule has 0 bridgehead atoms. The van der Waals surface area contributed by atoms with Gasteiger partial charge in [-0.25, -0.2) is 4.79 Å². The van der Waals surface area contributed by atoms with Gasteiger partial charge in [0.2, 0.25) is 0 Å². The molecule has 4 atom stereocenters. The number of amides is 2. The molecule has 0 spiro atoms. The van der Waals surface area contributed by atoms with Crippen LogP contribution in [0.15, 0.2) is 0 Å². The van der Waals surface area contributed by atoms with E-state index in [9.17, 15) is 9.59 Å². The van der Waals surface area contributed by atoms with Crippen LogP contribution in [0.3, 0.4) is 0 Å². The Morgan fingerprint density at radius 1 is 1.30 bits per heavy atom. The molecular formula is C14H24N2O4. The third-order valence-electron chi connectivity index (χ3n) is 4.10. The van der Waals surface area contributed by atoms with Crippen LogP contribution in [0, 0.1) is 11.8 Å². The largest absolute Gasteiger partial charge is 0.481 e. The van der Waals surface area contributed by atoms with Gasteiger partial charge in [-0.2, -0.15) is 0 Å². The Labute approximate surface area is 119 Å². The summed E-state index contributed by atoms with van der Waals surface area (Å²) in [6.07, 6.45) is 3.00. The molecule has 0 aliphatic carbocycles. The Bertz CT molecular complexity index is 374. The minimum atomic E-state index is -0.817. The lowest BCUT2D eigenvalue weighted by molar-refractivity contribution is -0.143. The molecule has 0 saturated carbocycles. The molecule has 0 radical (unpaired) electrons. The van der Waals surface area contributed by atoms with Crippen LogP contribution in [0.5, 0.6) is 0 Å². The first-order chi connectivity index (χ1) is 9.45. The highest BCUT2D eigenvalue weighted by atomic mass is 16.5. The molecule has 114 valence electrons. The van der Waals surface area contributed by atoms with Crippen molar-refractivity contribution in [2.45, 2.75) is 45.3 Å². The zero-order valence-electron chi connectivity index (χ0n) is 12.2. The van der Waals surface area contributed by atoms with Gasteiger partial charge in [-0.1, -0.05) is 6.92 Å². The van der Waals surface area contributed by atoms with Crippen molar-refractivity contribution in [3.63, 3.8) is 0 Å². The molecule has 4 unspecified atom stereocenters. The van der Waals surface area contributed by atoms with Gasteiger partial charge in [-0.15, -0.1) is 0 Å². The van der Waals surface area contributed by atoms with Gasteiger partial charge in [0.1, 0.15) is 0 Å². The standard InChI is InChI=1S/C14H24N2O4/c1-9-5-11(13(17)18)8-16(7-9)14(19)15-6-12-4-3-10(2)20-12/h9-12H,3-8H2,1-2H3,(H,15,19)(H,17,18). The Kier molecular flexibility index (Phi) is 4.86. The number of piperidine rings is 1. The SMILES string of the molecule is CC1CC(C(=O)O)CN(C(=O)NCC2CCC(C)O2)C1. The zero-order valence-corrected chi connectivity index (χ0v) is 12.2. The van der Waals surface area contributed by atoms with Crippen molar-refractivity contribution in [3.05, 3.63) is 0 Å². The smallest absolute Gasteiger partial charge is 0.317 e. The maximum atomic E-state index is 12.1. The number of hydrogen-bond acceptors (Lipinski definition) is 3. The first kappa shape index (κ1) is 15.1. The van der Waals surface area contributed by atoms with E-state index in [-0.39, 0.29) is 24.2 Å². The fourth-order valence-electron chi connectivity index (χ4n) is 3.04. The van der Waals surface area contributed by atoms with Gasteiger partial charge in [-0.05, 0) is 32.1 Å². The normalized spacial score (nSPS) is 34.0. The van der Waals surface area contributed by atoms with Crippen LogP contribution in [0.25, 0.3) is 0 Å². The molecule has 2 N–H and O–H groups in total. The quantitative estimate of drug-likeness (QED) is 0.819. The van der Waals surface area contributed by atoms with Gasteiger partial charge in [0.05, 0.1) is 18.1 Å². The van der Waals surface area contributed by atoms with E-state index in [1.54, 1.807) is 4.90 Å². The molecule has 2 heterocycles. The maximum Gasteiger partial charge on any atom is 0.317 e. The number of carbonyl (C=O) groups is 2. The van der Waals surface area contributed by atoms with Crippen molar-refractivity contribution in [2.24, 2.45) is 11.8 Å². The van der Waals surface area contributed by atoms with Crippen LogP contribution in [-0.4, -0.2) is 53.8 Å². The average Bonchev–Trinajstić information content (AvgIpc) is 2.81. The molecule has 20 heavy (non-hydrogen) atoms. The van der Waals surface area contributed by atoms with Crippen molar-refractivity contribution < 1.29 is 19.4 Å². The lowest BCUT2D eigenvalue weighted by atomic mass is 9.91. The summed E-state index contributed by atoms with van der Waals surface area (Å²) in [5, 5.41) is 12.0. The predicted octanol–water partition coefficient (Wildman–Crippen LogP) is 1.31. The molecule has 0 aromatic rings. The van der Waals surface area contributed by atoms with Crippen molar-refractivity contribution >= 4 is 12.0 Å². The molecule has 0 aromatic carbocycles. The van der Waals surface area contributed by atoms with Crippen LogP contribution in [0.2, 0.25) is 0 Å². The Hall–Kier alpha value is -1.30. The molecule has 2 aliphatic heterocycles. The van der Waals surface area contributed by atoms with Crippen LogP contribution >= 0.6 is 0 Å². The molecule has 6 nitrogen and oxygen atoms in total. The Morgan fingerprint density at radius 3 is 2.65 bits per heavy atom. The average molecular weight is 284 g/mol. The lowest BCUT2D eigenvalue weighted by Gasteiger charge is -2.34. The lowest BCUT2D eigenvalue weighted by Crippen LogP contribution is -2.50. The third kappa shape index (κ3) is 3.85. The number of carbonyl (C=O) groups excluding carboxylic acids is 1. The molecule has 0 aromatic heterocycles. The van der Waals surface area contributed by atoms with E-state index < -0.39 is 11.9 Å². The predicted molar refractivity (Wildman–Crippen MR) is 73.4 cm³/mol. The summed E-state index contributed by atoms with van der Waals surface area (Å²) in [5.74, 6) is -1.05.